The Morgan fingerprint density at radius 2 is 2.19 bits per heavy atom. The van der Waals surface area contributed by atoms with Crippen LogP contribution in [0.4, 0.5) is 0 Å². The third-order valence-electron chi connectivity index (χ3n) is 4.26. The molecule has 2 heterocycles. The van der Waals surface area contributed by atoms with E-state index in [-0.39, 0.29) is 17.5 Å². The van der Waals surface area contributed by atoms with Crippen molar-refractivity contribution in [3.05, 3.63) is 34.0 Å². The standard InChI is InChI=1S/C15H20N4O2/c1-9-5-3-4-6-11(9)17-14(20)12-7-13-15(21)16-10(2)8-19(13)18-12/h7-9,11H,3-6H2,1-2H3,(H,16,21)(H,17,20)/t9-,11-/m1/s1. The Bertz CT molecular complexity index is 731. The molecule has 2 aromatic rings. The molecule has 0 saturated heterocycles. The SMILES string of the molecule is Cc1cn2nc(C(=O)N[C@@H]3CCCC[C@H]3C)cc2c(=O)[nH]1. The van der Waals surface area contributed by atoms with Crippen molar-refractivity contribution < 1.29 is 4.79 Å². The molecule has 0 radical (unpaired) electrons. The second-order valence-corrected chi connectivity index (χ2v) is 5.97. The molecule has 6 heteroatoms. The molecule has 1 saturated carbocycles. The maximum absolute atomic E-state index is 12.3. The van der Waals surface area contributed by atoms with Crippen LogP contribution in [0.25, 0.3) is 5.52 Å². The van der Waals surface area contributed by atoms with E-state index in [1.807, 2.05) is 0 Å². The molecule has 1 aliphatic rings. The zero-order valence-electron chi connectivity index (χ0n) is 12.3. The Morgan fingerprint density at radius 1 is 1.43 bits per heavy atom. The Hall–Kier alpha value is -2.11. The minimum Gasteiger partial charge on any atom is -0.348 e. The van der Waals surface area contributed by atoms with Crippen LogP contribution in [0, 0.1) is 12.8 Å². The number of amides is 1. The second-order valence-electron chi connectivity index (χ2n) is 5.97. The molecule has 2 aromatic heterocycles. The monoisotopic (exact) mass is 288 g/mol. The summed E-state index contributed by atoms with van der Waals surface area (Å²) >= 11 is 0. The average Bonchev–Trinajstić information content (AvgIpc) is 2.85. The first-order valence-corrected chi connectivity index (χ1v) is 7.45. The van der Waals surface area contributed by atoms with Crippen LogP contribution in [0.2, 0.25) is 0 Å². The maximum atomic E-state index is 12.3. The van der Waals surface area contributed by atoms with Crippen LogP contribution in [0.1, 0.15) is 48.8 Å². The third kappa shape index (κ3) is 2.70. The highest BCUT2D eigenvalue weighted by atomic mass is 16.2. The summed E-state index contributed by atoms with van der Waals surface area (Å²) in [4.78, 5) is 26.9. The van der Waals surface area contributed by atoms with E-state index in [1.54, 1.807) is 19.2 Å². The summed E-state index contributed by atoms with van der Waals surface area (Å²) in [5.74, 6) is 0.292. The van der Waals surface area contributed by atoms with Crippen molar-refractivity contribution in [2.75, 3.05) is 0 Å². The number of aryl methyl sites for hydroxylation is 1. The Balaban J connectivity index is 1.84. The van der Waals surface area contributed by atoms with Gasteiger partial charge in [-0.2, -0.15) is 5.10 Å². The fourth-order valence-corrected chi connectivity index (χ4v) is 3.01. The number of carbonyl (C=O) groups is 1. The van der Waals surface area contributed by atoms with Crippen molar-refractivity contribution in [2.24, 2.45) is 5.92 Å². The molecule has 3 rings (SSSR count). The van der Waals surface area contributed by atoms with Gasteiger partial charge in [-0.3, -0.25) is 9.59 Å². The van der Waals surface area contributed by atoms with E-state index in [4.69, 9.17) is 0 Å². The Morgan fingerprint density at radius 3 is 2.95 bits per heavy atom. The fourth-order valence-electron chi connectivity index (χ4n) is 3.01. The van der Waals surface area contributed by atoms with E-state index in [2.05, 4.69) is 22.3 Å². The number of nitrogens with zero attached hydrogens (tertiary/aromatic N) is 2. The number of fused-ring (bicyclic) bond motifs is 1. The molecule has 0 unspecified atom stereocenters. The van der Waals surface area contributed by atoms with Gasteiger partial charge in [0, 0.05) is 24.0 Å². The van der Waals surface area contributed by atoms with Crippen molar-refractivity contribution in [2.45, 2.75) is 45.6 Å². The Labute approximate surface area is 122 Å². The van der Waals surface area contributed by atoms with Gasteiger partial charge in [0.1, 0.15) is 5.52 Å². The number of aromatic nitrogens is 3. The second kappa shape index (κ2) is 5.35. The summed E-state index contributed by atoms with van der Waals surface area (Å²) < 4.78 is 1.47. The first-order chi connectivity index (χ1) is 10.0. The van der Waals surface area contributed by atoms with Crippen molar-refractivity contribution >= 4 is 11.4 Å². The third-order valence-corrected chi connectivity index (χ3v) is 4.26. The fraction of sp³-hybridized carbons (Fsp3) is 0.533. The number of carbonyl (C=O) groups excluding carboxylic acids is 1. The average molecular weight is 288 g/mol. The van der Waals surface area contributed by atoms with Gasteiger partial charge in [0.15, 0.2) is 5.69 Å². The lowest BCUT2D eigenvalue weighted by molar-refractivity contribution is 0.0905. The van der Waals surface area contributed by atoms with Crippen molar-refractivity contribution in [3.63, 3.8) is 0 Å². The summed E-state index contributed by atoms with van der Waals surface area (Å²) in [6, 6.07) is 1.75. The molecular weight excluding hydrogens is 268 g/mol. The summed E-state index contributed by atoms with van der Waals surface area (Å²) in [6.45, 7) is 3.95. The number of nitrogens with one attached hydrogen (secondary N) is 2. The van der Waals surface area contributed by atoms with Gasteiger partial charge in [-0.25, -0.2) is 4.52 Å². The van der Waals surface area contributed by atoms with E-state index in [0.29, 0.717) is 22.8 Å². The largest absolute Gasteiger partial charge is 0.348 e. The van der Waals surface area contributed by atoms with Crippen LogP contribution in [0.5, 0.6) is 0 Å². The van der Waals surface area contributed by atoms with Crippen molar-refractivity contribution in [3.8, 4) is 0 Å². The van der Waals surface area contributed by atoms with Crippen LogP contribution < -0.4 is 10.9 Å². The zero-order valence-corrected chi connectivity index (χ0v) is 12.3. The molecule has 0 bridgehead atoms. The highest BCUT2D eigenvalue weighted by Crippen LogP contribution is 2.23. The van der Waals surface area contributed by atoms with Gasteiger partial charge in [0.2, 0.25) is 0 Å². The topological polar surface area (TPSA) is 79.3 Å². The van der Waals surface area contributed by atoms with Crippen LogP contribution in [0.15, 0.2) is 17.1 Å². The predicted molar refractivity (Wildman–Crippen MR) is 79.4 cm³/mol. The molecule has 2 atom stereocenters. The van der Waals surface area contributed by atoms with Gasteiger partial charge < -0.3 is 10.3 Å². The lowest BCUT2D eigenvalue weighted by atomic mass is 9.86. The summed E-state index contributed by atoms with van der Waals surface area (Å²) in [5, 5.41) is 7.26. The van der Waals surface area contributed by atoms with Gasteiger partial charge in [-0.05, 0) is 25.7 Å². The number of aromatic amines is 1. The number of hydrogen-bond donors (Lipinski definition) is 2. The molecule has 6 nitrogen and oxygen atoms in total. The lowest BCUT2D eigenvalue weighted by Crippen LogP contribution is -2.41. The highest BCUT2D eigenvalue weighted by Gasteiger charge is 2.24. The van der Waals surface area contributed by atoms with Crippen LogP contribution in [-0.4, -0.2) is 26.5 Å². The summed E-state index contributed by atoms with van der Waals surface area (Å²) in [5.41, 5.74) is 1.17. The molecule has 1 fully saturated rings. The van der Waals surface area contributed by atoms with Gasteiger partial charge in [0.05, 0.1) is 0 Å². The van der Waals surface area contributed by atoms with E-state index in [9.17, 15) is 9.59 Å². The minimum absolute atomic E-state index is 0.200. The molecule has 0 aromatic carbocycles. The van der Waals surface area contributed by atoms with Gasteiger partial charge in [-0.15, -0.1) is 0 Å². The van der Waals surface area contributed by atoms with E-state index < -0.39 is 0 Å². The predicted octanol–water partition coefficient (Wildman–Crippen LogP) is 1.64. The maximum Gasteiger partial charge on any atom is 0.274 e. The molecule has 112 valence electrons. The van der Waals surface area contributed by atoms with E-state index >= 15 is 0 Å². The van der Waals surface area contributed by atoms with Crippen molar-refractivity contribution in [1.29, 1.82) is 0 Å². The van der Waals surface area contributed by atoms with E-state index in [1.165, 1.54) is 10.9 Å². The first kappa shape index (κ1) is 13.9. The summed E-state index contributed by atoms with van der Waals surface area (Å²) in [7, 11) is 0. The normalized spacial score (nSPS) is 22.4. The minimum atomic E-state index is -0.229. The first-order valence-electron chi connectivity index (χ1n) is 7.45. The molecule has 2 N–H and O–H groups in total. The number of H-pyrrole nitrogens is 1. The van der Waals surface area contributed by atoms with Crippen molar-refractivity contribution in [1.82, 2.24) is 19.9 Å². The highest BCUT2D eigenvalue weighted by molar-refractivity contribution is 5.93. The molecule has 1 aliphatic carbocycles. The lowest BCUT2D eigenvalue weighted by Gasteiger charge is -2.29. The molecule has 0 aliphatic heterocycles. The van der Waals surface area contributed by atoms with Gasteiger partial charge in [0.25, 0.3) is 11.5 Å². The molecular formula is C15H20N4O2. The quantitative estimate of drug-likeness (QED) is 0.881. The van der Waals surface area contributed by atoms with Crippen LogP contribution in [-0.2, 0) is 0 Å². The molecule has 21 heavy (non-hydrogen) atoms. The van der Waals surface area contributed by atoms with Gasteiger partial charge in [-0.1, -0.05) is 19.8 Å². The van der Waals surface area contributed by atoms with E-state index in [0.717, 1.165) is 19.3 Å². The van der Waals surface area contributed by atoms with Crippen LogP contribution >= 0.6 is 0 Å². The zero-order chi connectivity index (χ0) is 15.0. The molecule has 0 spiro atoms. The van der Waals surface area contributed by atoms with Crippen LogP contribution in [0.3, 0.4) is 0 Å². The number of rotatable bonds is 2. The smallest absolute Gasteiger partial charge is 0.274 e. The Kier molecular flexibility index (Phi) is 3.53. The molecule has 1 amide bonds. The summed E-state index contributed by atoms with van der Waals surface area (Å²) in [6.07, 6.45) is 6.25. The number of hydrogen-bond acceptors (Lipinski definition) is 3. The van der Waals surface area contributed by atoms with Gasteiger partial charge >= 0.3 is 0 Å².